The van der Waals surface area contributed by atoms with Crippen LogP contribution >= 0.6 is 7.82 Å². The molecule has 0 heterocycles. The lowest BCUT2D eigenvalue weighted by atomic mass is 10.2. The highest BCUT2D eigenvalue weighted by atomic mass is 31.2. The van der Waals surface area contributed by atoms with Gasteiger partial charge in [-0.25, -0.2) is 4.57 Å². The highest BCUT2D eigenvalue weighted by Gasteiger charge is 2.27. The van der Waals surface area contributed by atoms with Crippen molar-refractivity contribution in [1.82, 2.24) is 0 Å². The van der Waals surface area contributed by atoms with E-state index in [4.69, 9.17) is 18.5 Å². The first-order valence-electron chi connectivity index (χ1n) is 7.47. The highest BCUT2D eigenvalue weighted by Crippen LogP contribution is 2.44. The molecule has 0 aromatic heterocycles. The van der Waals surface area contributed by atoms with Crippen molar-refractivity contribution in [2.24, 2.45) is 11.8 Å². The molecule has 0 fully saturated rings. The van der Waals surface area contributed by atoms with Gasteiger partial charge in [-0.3, -0.25) is 18.6 Å². The topological polar surface area (TPSA) is 108 Å². The first-order valence-corrected chi connectivity index (χ1v) is 8.97. The second-order valence-electron chi connectivity index (χ2n) is 5.87. The minimum atomic E-state index is -4.34. The van der Waals surface area contributed by atoms with Gasteiger partial charge in [-0.15, -0.1) is 0 Å². The number of hydrogen-bond donors (Lipinski definition) is 1. The fourth-order valence-corrected chi connectivity index (χ4v) is 2.20. The molecule has 0 rings (SSSR count). The van der Waals surface area contributed by atoms with Gasteiger partial charge in [-0.05, 0) is 13.8 Å². The van der Waals surface area contributed by atoms with Gasteiger partial charge >= 0.3 is 19.8 Å². The smallest absolute Gasteiger partial charge is 0.463 e. The Labute approximate surface area is 137 Å². The Hall–Kier alpha value is -0.950. The van der Waals surface area contributed by atoms with Crippen LogP contribution in [-0.4, -0.2) is 42.3 Å². The molecule has 0 saturated carbocycles. The zero-order valence-electron chi connectivity index (χ0n) is 14.5. The van der Waals surface area contributed by atoms with Gasteiger partial charge in [0.1, 0.15) is 18.8 Å². The van der Waals surface area contributed by atoms with Crippen LogP contribution in [0, 0.1) is 11.8 Å². The Balaban J connectivity index is 4.19. The molecule has 0 spiro atoms. The predicted octanol–water partition coefficient (Wildman–Crippen LogP) is 2.30. The van der Waals surface area contributed by atoms with Crippen molar-refractivity contribution in [1.29, 1.82) is 0 Å². The summed E-state index contributed by atoms with van der Waals surface area (Å²) in [6.45, 7) is 9.26. The largest absolute Gasteiger partial charge is 0.472 e. The SMILES string of the molecule is CC(COP(=O)(O)OC(C)COC(=O)C(C)C)OC(=O)C(C)C. The minimum Gasteiger partial charge on any atom is -0.463 e. The molecule has 136 valence electrons. The number of phosphoric acid groups is 1. The van der Waals surface area contributed by atoms with Crippen LogP contribution < -0.4 is 0 Å². The lowest BCUT2D eigenvalue weighted by Crippen LogP contribution is -2.24. The van der Waals surface area contributed by atoms with E-state index in [0.29, 0.717) is 0 Å². The molecule has 0 aliphatic heterocycles. The standard InChI is InChI=1S/C14H27O8P/c1-9(2)13(15)19-7-12(6)22-23(17,18)20-8-11(5)21-14(16)10(3)4/h9-12H,7-8H2,1-6H3,(H,17,18). The maximum atomic E-state index is 11.8. The molecule has 8 nitrogen and oxygen atoms in total. The van der Waals surface area contributed by atoms with Gasteiger partial charge in [-0.1, -0.05) is 27.7 Å². The van der Waals surface area contributed by atoms with E-state index >= 15 is 0 Å². The summed E-state index contributed by atoms with van der Waals surface area (Å²) in [4.78, 5) is 32.2. The lowest BCUT2D eigenvalue weighted by molar-refractivity contribution is -0.153. The number of ether oxygens (including phenoxy) is 2. The number of carbonyl (C=O) groups excluding carboxylic acids is 2. The van der Waals surface area contributed by atoms with Crippen molar-refractivity contribution >= 4 is 19.8 Å². The predicted molar refractivity (Wildman–Crippen MR) is 82.5 cm³/mol. The minimum absolute atomic E-state index is 0.164. The van der Waals surface area contributed by atoms with Crippen LogP contribution in [-0.2, 0) is 32.7 Å². The van der Waals surface area contributed by atoms with Crippen LogP contribution in [0.5, 0.6) is 0 Å². The summed E-state index contributed by atoms with van der Waals surface area (Å²) in [7, 11) is -4.34. The second-order valence-corrected chi connectivity index (χ2v) is 7.27. The summed E-state index contributed by atoms with van der Waals surface area (Å²) < 4.78 is 31.3. The van der Waals surface area contributed by atoms with Gasteiger partial charge in [0.05, 0.1) is 18.4 Å². The highest BCUT2D eigenvalue weighted by molar-refractivity contribution is 7.47. The van der Waals surface area contributed by atoms with Gasteiger partial charge in [0.25, 0.3) is 0 Å². The zero-order valence-corrected chi connectivity index (χ0v) is 15.4. The average molecular weight is 354 g/mol. The second kappa shape index (κ2) is 10.0. The van der Waals surface area contributed by atoms with Gasteiger partial charge in [-0.2, -0.15) is 0 Å². The lowest BCUT2D eigenvalue weighted by Gasteiger charge is -2.20. The Kier molecular flexibility index (Phi) is 9.61. The molecule has 0 aliphatic rings. The van der Waals surface area contributed by atoms with Crippen molar-refractivity contribution in [3.05, 3.63) is 0 Å². The van der Waals surface area contributed by atoms with Crippen LogP contribution in [0.2, 0.25) is 0 Å². The molecule has 3 atom stereocenters. The van der Waals surface area contributed by atoms with E-state index in [0.717, 1.165) is 0 Å². The number of phosphoric ester groups is 1. The summed E-state index contributed by atoms with van der Waals surface area (Å²) in [5, 5.41) is 0. The van der Waals surface area contributed by atoms with E-state index in [-0.39, 0.29) is 25.0 Å². The number of rotatable bonds is 10. The van der Waals surface area contributed by atoms with E-state index in [1.165, 1.54) is 13.8 Å². The Morgan fingerprint density at radius 1 is 0.913 bits per heavy atom. The quantitative estimate of drug-likeness (QED) is 0.470. The van der Waals surface area contributed by atoms with Crippen LogP contribution in [0.3, 0.4) is 0 Å². The van der Waals surface area contributed by atoms with Crippen LogP contribution in [0.1, 0.15) is 41.5 Å². The number of esters is 2. The maximum absolute atomic E-state index is 11.8. The normalized spacial score (nSPS) is 16.7. The van der Waals surface area contributed by atoms with E-state index in [1.807, 2.05) is 0 Å². The summed E-state index contributed by atoms with van der Waals surface area (Å²) in [5.41, 5.74) is 0. The molecule has 1 N–H and O–H groups in total. The molecule has 0 amide bonds. The summed E-state index contributed by atoms with van der Waals surface area (Å²) >= 11 is 0. The molecular weight excluding hydrogens is 327 g/mol. The van der Waals surface area contributed by atoms with Crippen LogP contribution in [0.4, 0.5) is 0 Å². The molecule has 0 aromatic carbocycles. The van der Waals surface area contributed by atoms with E-state index < -0.39 is 32.0 Å². The summed E-state index contributed by atoms with van der Waals surface area (Å²) in [6, 6.07) is 0. The third-order valence-electron chi connectivity index (χ3n) is 2.51. The van der Waals surface area contributed by atoms with Crippen molar-refractivity contribution < 1.29 is 37.6 Å². The molecule has 0 aromatic rings. The summed E-state index contributed by atoms with van der Waals surface area (Å²) in [6.07, 6.45) is -1.51. The average Bonchev–Trinajstić information content (AvgIpc) is 2.41. The summed E-state index contributed by atoms with van der Waals surface area (Å²) in [5.74, 6) is -1.45. The first-order chi connectivity index (χ1) is 10.4. The Morgan fingerprint density at radius 3 is 1.91 bits per heavy atom. The third kappa shape index (κ3) is 10.4. The van der Waals surface area contributed by atoms with Gasteiger partial charge in [0.2, 0.25) is 0 Å². The van der Waals surface area contributed by atoms with Crippen molar-refractivity contribution in [3.8, 4) is 0 Å². The Morgan fingerprint density at radius 2 is 1.43 bits per heavy atom. The number of hydrogen-bond acceptors (Lipinski definition) is 7. The molecular formula is C14H27O8P. The zero-order chi connectivity index (χ0) is 18.2. The van der Waals surface area contributed by atoms with Gasteiger partial charge in [0, 0.05) is 0 Å². The monoisotopic (exact) mass is 354 g/mol. The third-order valence-corrected chi connectivity index (χ3v) is 3.61. The van der Waals surface area contributed by atoms with E-state index in [2.05, 4.69) is 0 Å². The van der Waals surface area contributed by atoms with Gasteiger partial charge < -0.3 is 14.4 Å². The van der Waals surface area contributed by atoms with E-state index in [9.17, 15) is 19.0 Å². The van der Waals surface area contributed by atoms with Gasteiger partial charge in [0.15, 0.2) is 0 Å². The molecule has 0 bridgehead atoms. The molecule has 0 aliphatic carbocycles. The van der Waals surface area contributed by atoms with Crippen LogP contribution in [0.15, 0.2) is 0 Å². The van der Waals surface area contributed by atoms with Crippen molar-refractivity contribution in [2.45, 2.75) is 53.8 Å². The maximum Gasteiger partial charge on any atom is 0.472 e. The fraction of sp³-hybridized carbons (Fsp3) is 0.857. The number of carbonyl (C=O) groups is 2. The molecule has 0 radical (unpaired) electrons. The van der Waals surface area contributed by atoms with Crippen molar-refractivity contribution in [3.63, 3.8) is 0 Å². The molecule has 3 unspecified atom stereocenters. The van der Waals surface area contributed by atoms with Crippen molar-refractivity contribution in [2.75, 3.05) is 13.2 Å². The molecule has 0 saturated heterocycles. The first kappa shape index (κ1) is 22.1. The Bertz CT molecular complexity index is 434. The molecule has 9 heteroatoms. The van der Waals surface area contributed by atoms with E-state index in [1.54, 1.807) is 27.7 Å². The fourth-order valence-electron chi connectivity index (χ4n) is 1.22. The molecule has 23 heavy (non-hydrogen) atoms. The van der Waals surface area contributed by atoms with Crippen LogP contribution in [0.25, 0.3) is 0 Å².